The largest absolute Gasteiger partial charge is 0.472 e. The Balaban J connectivity index is 1.19. The van der Waals surface area contributed by atoms with Gasteiger partial charge in [-0.05, 0) is 30.5 Å². The molecule has 4 aromatic heterocycles. The third-order valence-electron chi connectivity index (χ3n) is 11.1. The summed E-state index contributed by atoms with van der Waals surface area (Å²) in [5, 5.41) is -0.357. The number of hydrogen-bond acceptors (Lipinski definition) is 16. The van der Waals surface area contributed by atoms with Gasteiger partial charge in [-0.3, -0.25) is 32.4 Å². The molecule has 1 spiro atoms. The van der Waals surface area contributed by atoms with E-state index in [0.29, 0.717) is 6.42 Å². The standard InChI is InChI=1S/C28H39FN10O11P2Si/c1-27(2,3)53(4,5)50-20-19-17(38-10-35-16-23(38)36-26(31)37-24(16)40)12-6-28(12,20)8-46-52(43,44)48-18-13(7-45-51(41,42)49-19)47-25(14(18)29)39-11-34-15-21(30)32-9-33-22(15)39/h9-14,17-20,25H,6-8H2,1-5H3,(H,41,42)(H,43,44)(H2,30,32,33)(H3,31,36,37,40)/t12-,13-,14-,17-,18-,19+,20+,25-,28?/m1/s1. The first-order valence-electron chi connectivity index (χ1n) is 16.7. The molecule has 11 atom stereocenters. The molecule has 2 aliphatic heterocycles. The maximum atomic E-state index is 16.3. The predicted octanol–water partition coefficient (Wildman–Crippen LogP) is 2.33. The maximum absolute atomic E-state index is 16.3. The molecule has 288 valence electrons. The van der Waals surface area contributed by atoms with Gasteiger partial charge < -0.3 is 35.0 Å². The molecule has 0 radical (unpaired) electrons. The molecular weight excluding hydrogens is 761 g/mol. The van der Waals surface area contributed by atoms with E-state index in [1.54, 1.807) is 0 Å². The van der Waals surface area contributed by atoms with Crippen LogP contribution in [0.15, 0.2) is 23.8 Å². The predicted molar refractivity (Wildman–Crippen MR) is 184 cm³/mol. The minimum Gasteiger partial charge on any atom is -0.411 e. The molecule has 21 nitrogen and oxygen atoms in total. The zero-order valence-corrected chi connectivity index (χ0v) is 31.9. The minimum atomic E-state index is -5.10. The molecule has 7 N–H and O–H groups in total. The van der Waals surface area contributed by atoms with E-state index < -0.39 is 96.9 Å². The van der Waals surface area contributed by atoms with Crippen molar-refractivity contribution in [3.8, 4) is 0 Å². The monoisotopic (exact) mass is 800 g/mol. The van der Waals surface area contributed by atoms with E-state index in [1.165, 1.54) is 21.8 Å². The molecule has 4 aliphatic rings. The second kappa shape index (κ2) is 12.1. The molecule has 4 aromatic rings. The molecule has 2 saturated carbocycles. The van der Waals surface area contributed by atoms with Gasteiger partial charge in [-0.25, -0.2) is 33.5 Å². The molecule has 25 heteroatoms. The van der Waals surface area contributed by atoms with Crippen LogP contribution in [0.3, 0.4) is 0 Å². The summed E-state index contributed by atoms with van der Waals surface area (Å²) in [7, 11) is -12.9. The van der Waals surface area contributed by atoms with Gasteiger partial charge in [-0.2, -0.15) is 4.98 Å². The Morgan fingerprint density at radius 3 is 2.43 bits per heavy atom. The Kier molecular flexibility index (Phi) is 8.42. The van der Waals surface area contributed by atoms with E-state index in [1.807, 2.05) is 33.9 Å². The first-order chi connectivity index (χ1) is 24.7. The molecule has 3 unspecified atom stereocenters. The highest BCUT2D eigenvalue weighted by atomic mass is 31.2. The van der Waals surface area contributed by atoms with E-state index in [-0.39, 0.29) is 39.1 Å². The van der Waals surface area contributed by atoms with Crippen molar-refractivity contribution in [2.45, 2.75) is 88.2 Å². The fraction of sp³-hybridized carbons (Fsp3) is 0.643. The van der Waals surface area contributed by atoms with Crippen LogP contribution in [0.4, 0.5) is 16.2 Å². The topological polar surface area (TPSA) is 289 Å². The first kappa shape index (κ1) is 36.7. The van der Waals surface area contributed by atoms with E-state index in [2.05, 4.69) is 29.9 Å². The minimum absolute atomic E-state index is 0.0205. The Morgan fingerprint density at radius 2 is 1.70 bits per heavy atom. The van der Waals surface area contributed by atoms with Gasteiger partial charge in [0.15, 0.2) is 43.3 Å². The van der Waals surface area contributed by atoms with Gasteiger partial charge in [-0.15, -0.1) is 0 Å². The molecule has 0 aromatic carbocycles. The van der Waals surface area contributed by atoms with Gasteiger partial charge in [0.2, 0.25) is 5.95 Å². The number of halogens is 1. The SMILES string of the molecule is CC(C)(C)[Si](C)(C)O[C@H]1[C@H]2OP(=O)(O)OC[C@H]3O[C@@H](n4cnc5c(N)ncnc54)[C@H](F)[C@@H]3OP(=O)(O)OCC13C[C@@H]3[C@H]2n1cnc2c(=O)[nH]c(N)nc21. The smallest absolute Gasteiger partial charge is 0.411 e. The van der Waals surface area contributed by atoms with Crippen LogP contribution in [0.5, 0.6) is 0 Å². The van der Waals surface area contributed by atoms with E-state index in [4.69, 9.17) is 38.7 Å². The average molecular weight is 801 g/mol. The van der Waals surface area contributed by atoms with E-state index in [9.17, 15) is 23.7 Å². The summed E-state index contributed by atoms with van der Waals surface area (Å²) < 4.78 is 82.1. The third-order valence-corrected chi connectivity index (χ3v) is 17.5. The van der Waals surface area contributed by atoms with Gasteiger partial charge in [0, 0.05) is 5.41 Å². The fourth-order valence-corrected chi connectivity index (χ4v) is 10.7. The van der Waals surface area contributed by atoms with E-state index in [0.717, 1.165) is 6.33 Å². The highest BCUT2D eigenvalue weighted by Crippen LogP contribution is 2.72. The van der Waals surface area contributed by atoms with Crippen molar-refractivity contribution in [1.29, 1.82) is 0 Å². The molecule has 0 amide bonds. The number of phosphoric acid groups is 2. The number of nitrogens with one attached hydrogen (secondary N) is 1. The number of rotatable bonds is 4. The van der Waals surface area contributed by atoms with Crippen molar-refractivity contribution in [1.82, 2.24) is 39.0 Å². The van der Waals surface area contributed by atoms with Gasteiger partial charge in [0.05, 0.1) is 38.0 Å². The van der Waals surface area contributed by atoms with Crippen molar-refractivity contribution in [3.05, 3.63) is 29.3 Å². The number of aromatic nitrogens is 8. The maximum Gasteiger partial charge on any atom is 0.472 e. The zero-order valence-electron chi connectivity index (χ0n) is 29.1. The fourth-order valence-electron chi connectivity index (χ4n) is 7.40. The van der Waals surface area contributed by atoms with Crippen LogP contribution in [-0.4, -0.2) is 101 Å². The van der Waals surface area contributed by atoms with Crippen LogP contribution in [-0.2, 0) is 36.4 Å². The number of alkyl halides is 1. The van der Waals surface area contributed by atoms with Crippen molar-refractivity contribution in [2.75, 3.05) is 24.7 Å². The highest BCUT2D eigenvalue weighted by molar-refractivity contribution is 7.47. The first-order valence-corrected chi connectivity index (χ1v) is 22.6. The number of hydrogen-bond donors (Lipinski definition) is 5. The third kappa shape index (κ3) is 6.06. The number of imidazole rings is 2. The zero-order chi connectivity index (χ0) is 38.0. The number of nitrogens with zero attached hydrogens (tertiary/aromatic N) is 7. The Labute approximate surface area is 300 Å². The summed E-state index contributed by atoms with van der Waals surface area (Å²) in [6.07, 6.45) is -5.38. The number of ether oxygens (including phenoxy) is 1. The number of phosphoric ester groups is 2. The highest BCUT2D eigenvalue weighted by Gasteiger charge is 2.75. The van der Waals surface area contributed by atoms with Crippen LogP contribution in [0.25, 0.3) is 22.3 Å². The van der Waals surface area contributed by atoms with Crippen LogP contribution in [0.2, 0.25) is 18.1 Å². The lowest BCUT2D eigenvalue weighted by Gasteiger charge is -2.43. The summed E-state index contributed by atoms with van der Waals surface area (Å²) in [4.78, 5) is 58.2. The average Bonchev–Trinajstić information content (AvgIpc) is 3.32. The van der Waals surface area contributed by atoms with Gasteiger partial charge >= 0.3 is 15.6 Å². The summed E-state index contributed by atoms with van der Waals surface area (Å²) in [6.45, 7) is 8.67. The van der Waals surface area contributed by atoms with Gasteiger partial charge in [-0.1, -0.05) is 20.8 Å². The number of H-pyrrole nitrogens is 1. The molecular formula is C28H39FN10O11P2Si. The van der Waals surface area contributed by atoms with Crippen molar-refractivity contribution in [2.24, 2.45) is 11.3 Å². The molecule has 2 bridgehead atoms. The Morgan fingerprint density at radius 1 is 1.02 bits per heavy atom. The molecule has 2 saturated heterocycles. The number of aromatic amines is 1. The lowest BCUT2D eigenvalue weighted by molar-refractivity contribution is -0.0522. The number of nitrogen functional groups attached to an aromatic ring is 2. The summed E-state index contributed by atoms with van der Waals surface area (Å²) in [5.41, 5.74) is 10.4. The van der Waals surface area contributed by atoms with Crippen LogP contribution < -0.4 is 17.0 Å². The Bertz CT molecular complexity index is 2270. The lowest BCUT2D eigenvalue weighted by Crippen LogP contribution is -2.50. The van der Waals surface area contributed by atoms with Crippen LogP contribution in [0.1, 0.15) is 39.5 Å². The van der Waals surface area contributed by atoms with Crippen LogP contribution in [0, 0.1) is 11.3 Å². The molecule has 8 rings (SSSR count). The second-order valence-electron chi connectivity index (χ2n) is 15.3. The van der Waals surface area contributed by atoms with Crippen molar-refractivity contribution in [3.63, 3.8) is 0 Å². The quantitative estimate of drug-likeness (QED) is 0.146. The van der Waals surface area contributed by atoms with Crippen molar-refractivity contribution >= 4 is 58.1 Å². The van der Waals surface area contributed by atoms with Crippen LogP contribution >= 0.6 is 15.6 Å². The Hall–Kier alpha value is -3.21. The number of fused-ring (bicyclic) bond motifs is 4. The molecule has 2 aliphatic carbocycles. The molecule has 53 heavy (non-hydrogen) atoms. The normalized spacial score (nSPS) is 37.9. The van der Waals surface area contributed by atoms with Crippen molar-refractivity contribution < 1.29 is 50.6 Å². The van der Waals surface area contributed by atoms with Gasteiger partial charge in [0.1, 0.15) is 30.2 Å². The second-order valence-corrected chi connectivity index (χ2v) is 22.9. The molecule has 4 fully saturated rings. The number of anilines is 2. The van der Waals surface area contributed by atoms with E-state index >= 15 is 4.39 Å². The summed E-state index contributed by atoms with van der Waals surface area (Å²) in [6, 6.07) is -0.878. The van der Waals surface area contributed by atoms with Gasteiger partial charge in [0.25, 0.3) is 5.56 Å². The lowest BCUT2D eigenvalue weighted by atomic mass is 10.0. The molecule has 6 heterocycles. The number of nitrogens with two attached hydrogens (primary N) is 2. The summed E-state index contributed by atoms with van der Waals surface area (Å²) in [5.74, 6) is -0.659. The summed E-state index contributed by atoms with van der Waals surface area (Å²) >= 11 is 0.